The van der Waals surface area contributed by atoms with Crippen molar-refractivity contribution in [2.45, 2.75) is 0 Å². The molecular formula is C24H16Br6O. The van der Waals surface area contributed by atoms with Crippen LogP contribution in [0.1, 0.15) is 0 Å². The topological polar surface area (TPSA) is 31.5 Å². The molecule has 31 heavy (non-hydrogen) atoms. The molecule has 7 heteroatoms. The standard InChI is InChI=1S/2C12H7Br3.H2O/c2*13-9-3-1-2-8(6-9)11-5-4-10(14)7-12(11)15;/h2*1-7H;1H2. The Hall–Kier alpha value is -0.280. The molecule has 4 rings (SSSR count). The third-order valence-corrected chi connectivity index (χ3v) is 7.42. The summed E-state index contributed by atoms with van der Waals surface area (Å²) in [6, 6.07) is 28.9. The van der Waals surface area contributed by atoms with Crippen molar-refractivity contribution in [1.82, 2.24) is 0 Å². The molecule has 1 nitrogen and oxygen atoms in total. The fraction of sp³-hybridized carbons (Fsp3) is 0. The largest absolute Gasteiger partial charge is 0.412 e. The van der Waals surface area contributed by atoms with Crippen molar-refractivity contribution in [3.05, 3.63) is 112 Å². The van der Waals surface area contributed by atoms with E-state index in [-0.39, 0.29) is 5.48 Å². The summed E-state index contributed by atoms with van der Waals surface area (Å²) in [6.07, 6.45) is 0. The lowest BCUT2D eigenvalue weighted by Gasteiger charge is -2.05. The van der Waals surface area contributed by atoms with Gasteiger partial charge in [-0.1, -0.05) is 132 Å². The van der Waals surface area contributed by atoms with Gasteiger partial charge < -0.3 is 5.48 Å². The van der Waals surface area contributed by atoms with Gasteiger partial charge in [-0.05, 0) is 70.8 Å². The van der Waals surface area contributed by atoms with E-state index in [1.807, 2.05) is 36.4 Å². The Kier molecular flexibility index (Phi) is 11.2. The van der Waals surface area contributed by atoms with E-state index in [4.69, 9.17) is 0 Å². The molecule has 0 radical (unpaired) electrons. The minimum Gasteiger partial charge on any atom is -0.412 e. The van der Waals surface area contributed by atoms with Gasteiger partial charge in [-0.15, -0.1) is 0 Å². The fourth-order valence-corrected chi connectivity index (χ4v) is 6.11. The van der Waals surface area contributed by atoms with Gasteiger partial charge in [0.1, 0.15) is 0 Å². The van der Waals surface area contributed by atoms with Gasteiger partial charge in [-0.3, -0.25) is 0 Å². The van der Waals surface area contributed by atoms with Crippen molar-refractivity contribution < 1.29 is 5.48 Å². The molecule has 0 aliphatic rings. The van der Waals surface area contributed by atoms with Gasteiger partial charge in [0.25, 0.3) is 0 Å². The monoisotopic (exact) mass is 794 g/mol. The number of rotatable bonds is 2. The Morgan fingerprint density at radius 1 is 0.387 bits per heavy atom. The molecule has 0 aliphatic carbocycles. The van der Waals surface area contributed by atoms with Crippen LogP contribution in [-0.4, -0.2) is 5.48 Å². The highest BCUT2D eigenvalue weighted by Gasteiger charge is 2.04. The van der Waals surface area contributed by atoms with E-state index in [9.17, 15) is 0 Å². The molecule has 4 aromatic rings. The van der Waals surface area contributed by atoms with E-state index in [2.05, 4.69) is 144 Å². The quantitative estimate of drug-likeness (QED) is 0.193. The Balaban J connectivity index is 0.000000213. The average molecular weight is 800 g/mol. The van der Waals surface area contributed by atoms with E-state index in [0.717, 1.165) is 26.8 Å². The molecule has 0 saturated heterocycles. The van der Waals surface area contributed by atoms with Crippen molar-refractivity contribution >= 4 is 95.6 Å². The summed E-state index contributed by atoms with van der Waals surface area (Å²) in [6.45, 7) is 0. The predicted molar refractivity (Wildman–Crippen MR) is 154 cm³/mol. The number of halogens is 6. The molecule has 0 amide bonds. The summed E-state index contributed by atoms with van der Waals surface area (Å²) >= 11 is 21.0. The SMILES string of the molecule is Brc1cccc(-c2ccc(Br)cc2Br)c1.Brc1cccc(-c2ccc(Br)cc2Br)c1.O. The lowest BCUT2D eigenvalue weighted by atomic mass is 10.1. The smallest absolute Gasteiger partial charge is 0.0264 e. The van der Waals surface area contributed by atoms with E-state index < -0.39 is 0 Å². The van der Waals surface area contributed by atoms with E-state index in [1.165, 1.54) is 22.3 Å². The summed E-state index contributed by atoms with van der Waals surface area (Å²) in [4.78, 5) is 0. The van der Waals surface area contributed by atoms with Crippen LogP contribution in [0.2, 0.25) is 0 Å². The highest BCUT2D eigenvalue weighted by atomic mass is 79.9. The highest BCUT2D eigenvalue weighted by Crippen LogP contribution is 2.33. The molecule has 0 atom stereocenters. The van der Waals surface area contributed by atoms with Crippen LogP contribution in [0.3, 0.4) is 0 Å². The van der Waals surface area contributed by atoms with E-state index in [1.54, 1.807) is 0 Å². The third kappa shape index (κ3) is 7.91. The van der Waals surface area contributed by atoms with Crippen LogP contribution >= 0.6 is 95.6 Å². The lowest BCUT2D eigenvalue weighted by Crippen LogP contribution is -1.80. The molecular weight excluding hydrogens is 784 g/mol. The summed E-state index contributed by atoms with van der Waals surface area (Å²) in [5.41, 5.74) is 4.78. The van der Waals surface area contributed by atoms with Gasteiger partial charge in [-0.2, -0.15) is 0 Å². The van der Waals surface area contributed by atoms with Crippen molar-refractivity contribution in [2.75, 3.05) is 0 Å². The number of hydrogen-bond acceptors (Lipinski definition) is 0. The molecule has 160 valence electrons. The first kappa shape index (κ1) is 27.0. The lowest BCUT2D eigenvalue weighted by molar-refractivity contribution is 0.824. The normalized spacial score (nSPS) is 10.0. The zero-order chi connectivity index (χ0) is 21.7. The minimum atomic E-state index is 0. The van der Waals surface area contributed by atoms with Crippen LogP contribution in [0.25, 0.3) is 22.3 Å². The molecule has 0 saturated carbocycles. The van der Waals surface area contributed by atoms with Crippen molar-refractivity contribution in [2.24, 2.45) is 0 Å². The van der Waals surface area contributed by atoms with E-state index in [0.29, 0.717) is 0 Å². The van der Waals surface area contributed by atoms with E-state index >= 15 is 0 Å². The van der Waals surface area contributed by atoms with Gasteiger partial charge in [0.2, 0.25) is 0 Å². The molecule has 4 aromatic carbocycles. The maximum absolute atomic E-state index is 3.56. The van der Waals surface area contributed by atoms with Crippen LogP contribution in [0.4, 0.5) is 0 Å². The van der Waals surface area contributed by atoms with Crippen molar-refractivity contribution in [1.29, 1.82) is 0 Å². The first-order valence-electron chi connectivity index (χ1n) is 8.75. The minimum absolute atomic E-state index is 0. The summed E-state index contributed by atoms with van der Waals surface area (Å²) < 4.78 is 6.52. The molecule has 0 fully saturated rings. The van der Waals surface area contributed by atoms with Gasteiger partial charge >= 0.3 is 0 Å². The highest BCUT2D eigenvalue weighted by molar-refractivity contribution is 9.11. The first-order chi connectivity index (χ1) is 14.3. The second-order valence-electron chi connectivity index (χ2n) is 6.27. The second kappa shape index (κ2) is 12.8. The molecule has 0 bridgehead atoms. The maximum Gasteiger partial charge on any atom is 0.0264 e. The van der Waals surface area contributed by atoms with Gasteiger partial charge in [0.05, 0.1) is 0 Å². The first-order valence-corrected chi connectivity index (χ1v) is 13.5. The van der Waals surface area contributed by atoms with Gasteiger partial charge in [0, 0.05) is 26.8 Å². The Labute approximate surface area is 232 Å². The fourth-order valence-electron chi connectivity index (χ4n) is 2.76. The average Bonchev–Trinajstić information content (AvgIpc) is 2.68. The molecule has 0 spiro atoms. The Morgan fingerprint density at radius 2 is 0.742 bits per heavy atom. The van der Waals surface area contributed by atoms with Crippen LogP contribution in [0.5, 0.6) is 0 Å². The molecule has 0 heterocycles. The van der Waals surface area contributed by atoms with Crippen LogP contribution in [-0.2, 0) is 0 Å². The van der Waals surface area contributed by atoms with Crippen molar-refractivity contribution in [3.8, 4) is 22.3 Å². The van der Waals surface area contributed by atoms with Crippen LogP contribution < -0.4 is 0 Å². The molecule has 0 aliphatic heterocycles. The molecule has 0 unspecified atom stereocenters. The molecule has 2 N–H and O–H groups in total. The van der Waals surface area contributed by atoms with Gasteiger partial charge in [-0.25, -0.2) is 0 Å². The Morgan fingerprint density at radius 3 is 1.06 bits per heavy atom. The van der Waals surface area contributed by atoms with Crippen molar-refractivity contribution in [3.63, 3.8) is 0 Å². The predicted octanol–water partition coefficient (Wildman–Crippen LogP) is 10.5. The van der Waals surface area contributed by atoms with Crippen LogP contribution in [0.15, 0.2) is 112 Å². The second-order valence-corrected chi connectivity index (χ2v) is 11.6. The zero-order valence-corrected chi connectivity index (χ0v) is 25.4. The van der Waals surface area contributed by atoms with Gasteiger partial charge in [0.15, 0.2) is 0 Å². The summed E-state index contributed by atoms with van der Waals surface area (Å²) in [5.74, 6) is 0. The Bertz CT molecular complexity index is 1080. The summed E-state index contributed by atoms with van der Waals surface area (Å²) in [5, 5.41) is 0. The molecule has 0 aromatic heterocycles. The van der Waals surface area contributed by atoms with Crippen LogP contribution in [0, 0.1) is 0 Å². The maximum atomic E-state index is 3.56. The summed E-state index contributed by atoms with van der Waals surface area (Å²) in [7, 11) is 0. The number of hydrogen-bond donors (Lipinski definition) is 0. The number of benzene rings is 4. The zero-order valence-electron chi connectivity index (χ0n) is 15.9. The third-order valence-electron chi connectivity index (χ3n) is 4.13.